The van der Waals surface area contributed by atoms with Crippen molar-refractivity contribution in [2.45, 2.75) is 25.8 Å². The summed E-state index contributed by atoms with van der Waals surface area (Å²) in [4.78, 5) is 23.3. The number of amides is 1. The molecule has 96 valence electrons. The molecule has 1 rings (SSSR count). The normalized spacial score (nSPS) is 17.3. The summed E-state index contributed by atoms with van der Waals surface area (Å²) in [5.41, 5.74) is 6.70. The number of carbonyl (C=O) groups is 2. The van der Waals surface area contributed by atoms with E-state index in [2.05, 4.69) is 0 Å². The number of hydrogen-bond acceptors (Lipinski definition) is 4. The van der Waals surface area contributed by atoms with E-state index in [1.165, 1.54) is 4.90 Å². The van der Waals surface area contributed by atoms with E-state index in [9.17, 15) is 9.59 Å². The maximum Gasteiger partial charge on any atom is 0.407 e. The summed E-state index contributed by atoms with van der Waals surface area (Å²) in [6, 6.07) is -0.655. The number of nitrogens with two attached hydrogens (primary N) is 1. The summed E-state index contributed by atoms with van der Waals surface area (Å²) >= 11 is 0. The van der Waals surface area contributed by atoms with E-state index in [1.54, 1.807) is 6.92 Å². The van der Waals surface area contributed by atoms with Gasteiger partial charge in [0.25, 0.3) is 0 Å². The van der Waals surface area contributed by atoms with E-state index in [0.29, 0.717) is 32.5 Å². The lowest BCUT2D eigenvalue weighted by Gasteiger charge is -2.24. The second-order valence-electron chi connectivity index (χ2n) is 3.90. The molecule has 0 radical (unpaired) electrons. The van der Waals surface area contributed by atoms with Crippen LogP contribution in [0.2, 0.25) is 0 Å². The van der Waals surface area contributed by atoms with Crippen molar-refractivity contribution in [1.82, 2.24) is 4.90 Å². The van der Waals surface area contributed by atoms with Crippen molar-refractivity contribution in [2.24, 2.45) is 5.73 Å². The van der Waals surface area contributed by atoms with E-state index in [1.807, 2.05) is 6.08 Å². The third-order valence-electron chi connectivity index (χ3n) is 2.65. The lowest BCUT2D eigenvalue weighted by Crippen LogP contribution is -2.36. The van der Waals surface area contributed by atoms with Crippen LogP contribution >= 0.6 is 0 Å². The molecule has 1 atom stereocenters. The molecule has 1 aliphatic heterocycles. The summed E-state index contributed by atoms with van der Waals surface area (Å²) in [5.74, 6) is -0.408. The fraction of sp³-hybridized carbons (Fsp3) is 0.636. The third-order valence-corrected chi connectivity index (χ3v) is 2.65. The van der Waals surface area contributed by atoms with Crippen molar-refractivity contribution in [2.75, 3.05) is 19.7 Å². The Morgan fingerprint density at radius 3 is 2.82 bits per heavy atom. The average Bonchev–Trinajstić information content (AvgIpc) is 2.30. The Kier molecular flexibility index (Phi) is 4.96. The molecule has 1 amide bonds. The van der Waals surface area contributed by atoms with Crippen LogP contribution in [-0.2, 0) is 9.53 Å². The first kappa shape index (κ1) is 13.5. The van der Waals surface area contributed by atoms with Gasteiger partial charge in [0, 0.05) is 13.1 Å². The summed E-state index contributed by atoms with van der Waals surface area (Å²) < 4.78 is 4.81. The SMILES string of the molecule is CCOC(=O)C(N)CC1=CCN(C(=O)O)CC1. The number of carboxylic acid groups (broad SMARTS) is 1. The largest absolute Gasteiger partial charge is 0.465 e. The van der Waals surface area contributed by atoms with E-state index < -0.39 is 18.1 Å². The van der Waals surface area contributed by atoms with Gasteiger partial charge in [-0.1, -0.05) is 11.6 Å². The molecular weight excluding hydrogens is 224 g/mol. The van der Waals surface area contributed by atoms with E-state index in [0.717, 1.165) is 5.57 Å². The van der Waals surface area contributed by atoms with Gasteiger partial charge in [0.15, 0.2) is 0 Å². The quantitative estimate of drug-likeness (QED) is 0.555. The van der Waals surface area contributed by atoms with Crippen LogP contribution in [0.3, 0.4) is 0 Å². The minimum absolute atomic E-state index is 0.318. The number of esters is 1. The average molecular weight is 242 g/mol. The van der Waals surface area contributed by atoms with Crippen LogP contribution in [0, 0.1) is 0 Å². The van der Waals surface area contributed by atoms with Crippen LogP contribution in [0.25, 0.3) is 0 Å². The van der Waals surface area contributed by atoms with Gasteiger partial charge in [-0.3, -0.25) is 4.79 Å². The Hall–Kier alpha value is -1.56. The molecule has 6 nitrogen and oxygen atoms in total. The lowest BCUT2D eigenvalue weighted by atomic mass is 10.0. The first-order valence-corrected chi connectivity index (χ1v) is 5.62. The van der Waals surface area contributed by atoms with Gasteiger partial charge in [-0.15, -0.1) is 0 Å². The Balaban J connectivity index is 2.43. The second kappa shape index (κ2) is 6.24. The molecular formula is C11H18N2O4. The number of nitrogens with zero attached hydrogens (tertiary/aromatic N) is 1. The highest BCUT2D eigenvalue weighted by Gasteiger charge is 2.20. The van der Waals surface area contributed by atoms with Crippen molar-refractivity contribution >= 4 is 12.1 Å². The van der Waals surface area contributed by atoms with Crippen molar-refractivity contribution in [1.29, 1.82) is 0 Å². The minimum atomic E-state index is -0.921. The molecule has 0 aliphatic carbocycles. The van der Waals surface area contributed by atoms with Crippen LogP contribution in [0.4, 0.5) is 4.79 Å². The Bertz CT molecular complexity index is 327. The monoisotopic (exact) mass is 242 g/mol. The topological polar surface area (TPSA) is 92.9 Å². The van der Waals surface area contributed by atoms with Crippen LogP contribution in [0.5, 0.6) is 0 Å². The summed E-state index contributed by atoms with van der Waals surface area (Å²) in [7, 11) is 0. The first-order valence-electron chi connectivity index (χ1n) is 5.62. The van der Waals surface area contributed by atoms with E-state index >= 15 is 0 Å². The van der Waals surface area contributed by atoms with Gasteiger partial charge in [0.1, 0.15) is 6.04 Å². The molecule has 1 aliphatic rings. The van der Waals surface area contributed by atoms with Crippen LogP contribution in [0.1, 0.15) is 19.8 Å². The molecule has 1 heterocycles. The molecule has 17 heavy (non-hydrogen) atoms. The molecule has 1 unspecified atom stereocenters. The number of hydrogen-bond donors (Lipinski definition) is 2. The van der Waals surface area contributed by atoms with Crippen LogP contribution in [0.15, 0.2) is 11.6 Å². The lowest BCUT2D eigenvalue weighted by molar-refractivity contribution is -0.144. The van der Waals surface area contributed by atoms with Crippen molar-refractivity contribution < 1.29 is 19.4 Å². The molecule has 0 saturated heterocycles. The summed E-state index contributed by atoms with van der Waals surface area (Å²) in [6.45, 7) is 2.87. The van der Waals surface area contributed by atoms with Gasteiger partial charge in [0.2, 0.25) is 0 Å². The molecule has 6 heteroatoms. The molecule has 0 aromatic heterocycles. The molecule has 0 bridgehead atoms. The van der Waals surface area contributed by atoms with Gasteiger partial charge in [0.05, 0.1) is 6.61 Å². The maximum atomic E-state index is 11.3. The zero-order chi connectivity index (χ0) is 12.8. The molecule has 0 saturated carbocycles. The van der Waals surface area contributed by atoms with Gasteiger partial charge in [-0.25, -0.2) is 4.79 Å². The van der Waals surface area contributed by atoms with E-state index in [4.69, 9.17) is 15.6 Å². The highest BCUT2D eigenvalue weighted by molar-refractivity contribution is 5.75. The molecule has 0 aromatic carbocycles. The van der Waals surface area contributed by atoms with Gasteiger partial charge in [-0.2, -0.15) is 0 Å². The van der Waals surface area contributed by atoms with Gasteiger partial charge >= 0.3 is 12.1 Å². The summed E-state index contributed by atoms with van der Waals surface area (Å²) in [6.07, 6.45) is 1.96. The van der Waals surface area contributed by atoms with Crippen LogP contribution in [-0.4, -0.2) is 47.8 Å². The maximum absolute atomic E-state index is 11.3. The molecule has 0 fully saturated rings. The third kappa shape index (κ3) is 4.07. The molecule has 3 N–H and O–H groups in total. The zero-order valence-electron chi connectivity index (χ0n) is 9.89. The first-order chi connectivity index (χ1) is 8.04. The number of carbonyl (C=O) groups excluding carboxylic acids is 1. The van der Waals surface area contributed by atoms with E-state index in [-0.39, 0.29) is 0 Å². The highest BCUT2D eigenvalue weighted by atomic mass is 16.5. The Morgan fingerprint density at radius 1 is 1.65 bits per heavy atom. The number of ether oxygens (including phenoxy) is 1. The predicted molar refractivity (Wildman–Crippen MR) is 61.5 cm³/mol. The standard InChI is InChI=1S/C11H18N2O4/c1-2-17-10(14)9(12)7-8-3-5-13(6-4-8)11(15)16/h3,9H,2,4-7,12H2,1H3,(H,15,16). The Labute approximate surface area is 100 Å². The highest BCUT2D eigenvalue weighted by Crippen LogP contribution is 2.16. The second-order valence-corrected chi connectivity index (χ2v) is 3.90. The van der Waals surface area contributed by atoms with Crippen molar-refractivity contribution in [3.63, 3.8) is 0 Å². The van der Waals surface area contributed by atoms with Gasteiger partial charge in [-0.05, 0) is 19.8 Å². The fourth-order valence-electron chi connectivity index (χ4n) is 1.69. The smallest absolute Gasteiger partial charge is 0.407 e. The predicted octanol–water partition coefficient (Wildman–Crippen LogP) is 0.577. The van der Waals surface area contributed by atoms with Crippen molar-refractivity contribution in [3.05, 3.63) is 11.6 Å². The molecule has 0 spiro atoms. The Morgan fingerprint density at radius 2 is 2.35 bits per heavy atom. The fourth-order valence-corrected chi connectivity index (χ4v) is 1.69. The zero-order valence-corrected chi connectivity index (χ0v) is 9.89. The van der Waals surface area contributed by atoms with Crippen molar-refractivity contribution in [3.8, 4) is 0 Å². The molecule has 0 aromatic rings. The van der Waals surface area contributed by atoms with Gasteiger partial charge < -0.3 is 20.5 Å². The van der Waals surface area contributed by atoms with Crippen LogP contribution < -0.4 is 5.73 Å². The summed E-state index contributed by atoms with van der Waals surface area (Å²) in [5, 5.41) is 8.76. The number of rotatable bonds is 4. The minimum Gasteiger partial charge on any atom is -0.465 e.